The molecule has 0 radical (unpaired) electrons. The number of nitrogens with one attached hydrogen (secondary N) is 1. The van der Waals surface area contributed by atoms with Crippen LogP contribution in [-0.2, 0) is 11.3 Å². The van der Waals surface area contributed by atoms with E-state index in [0.717, 1.165) is 27.6 Å². The van der Waals surface area contributed by atoms with Crippen molar-refractivity contribution >= 4 is 28.8 Å². The van der Waals surface area contributed by atoms with Crippen LogP contribution in [0.5, 0.6) is 0 Å². The summed E-state index contributed by atoms with van der Waals surface area (Å²) in [6.45, 7) is 0.609. The van der Waals surface area contributed by atoms with Crippen LogP contribution >= 0.6 is 22.9 Å². The Balaban J connectivity index is 1.80. The summed E-state index contributed by atoms with van der Waals surface area (Å²) in [5.41, 5.74) is 0.787. The molecule has 1 N–H and O–H groups in total. The molecule has 1 fully saturated rings. The third-order valence-corrected chi connectivity index (χ3v) is 5.05. The van der Waals surface area contributed by atoms with Gasteiger partial charge in [-0.05, 0) is 49.7 Å². The summed E-state index contributed by atoms with van der Waals surface area (Å²) in [6.07, 6.45) is 2.07. The maximum Gasteiger partial charge on any atom is 0.242 e. The van der Waals surface area contributed by atoms with E-state index in [-0.39, 0.29) is 17.8 Å². The van der Waals surface area contributed by atoms with Gasteiger partial charge in [0.15, 0.2) is 0 Å². The average Bonchev–Trinajstić information content (AvgIpc) is 3.22. The van der Waals surface area contributed by atoms with Crippen LogP contribution in [0.3, 0.4) is 0 Å². The molecule has 1 aromatic carbocycles. The molecule has 1 aliphatic rings. The first-order valence-corrected chi connectivity index (χ1v) is 8.72. The molecular weight excluding hydrogens is 335 g/mol. The molecule has 0 spiro atoms. The highest BCUT2D eigenvalue weighted by Gasteiger charge is 2.30. The summed E-state index contributed by atoms with van der Waals surface area (Å²) in [5.74, 6) is -0.341. The first-order valence-electron chi connectivity index (χ1n) is 7.53. The fourth-order valence-corrected chi connectivity index (χ4v) is 3.68. The highest BCUT2D eigenvalue weighted by Crippen LogP contribution is 2.28. The first kappa shape index (κ1) is 16.4. The third-order valence-electron chi connectivity index (χ3n) is 3.83. The number of halogens is 2. The minimum absolute atomic E-state index is 0.0377. The predicted molar refractivity (Wildman–Crippen MR) is 91.1 cm³/mol. The second kappa shape index (κ2) is 6.99. The molecule has 0 unspecified atom stereocenters. The Morgan fingerprint density at radius 1 is 1.35 bits per heavy atom. The summed E-state index contributed by atoms with van der Waals surface area (Å²) < 4.78 is 13.9. The van der Waals surface area contributed by atoms with Gasteiger partial charge in [-0.1, -0.05) is 23.7 Å². The van der Waals surface area contributed by atoms with Gasteiger partial charge in [-0.3, -0.25) is 9.69 Å². The van der Waals surface area contributed by atoms with Crippen molar-refractivity contribution in [2.75, 3.05) is 7.05 Å². The number of nitrogens with zero attached hydrogens (tertiary/aromatic N) is 1. The van der Waals surface area contributed by atoms with Gasteiger partial charge in [-0.25, -0.2) is 4.39 Å². The van der Waals surface area contributed by atoms with Crippen LogP contribution in [0.15, 0.2) is 36.4 Å². The third kappa shape index (κ3) is 4.31. The van der Waals surface area contributed by atoms with Crippen LogP contribution in [-0.4, -0.2) is 23.9 Å². The SMILES string of the molecule is CN(Cc1ccc(Cl)s1)[C@@H](C(=O)NC1CC1)c1ccc(F)cc1. The molecule has 3 nitrogen and oxygen atoms in total. The van der Waals surface area contributed by atoms with Crippen molar-refractivity contribution < 1.29 is 9.18 Å². The minimum Gasteiger partial charge on any atom is -0.352 e. The Labute approximate surface area is 144 Å². The molecule has 1 aliphatic carbocycles. The van der Waals surface area contributed by atoms with Crippen LogP contribution in [0.1, 0.15) is 29.3 Å². The van der Waals surface area contributed by atoms with Gasteiger partial charge in [0, 0.05) is 17.5 Å². The fourth-order valence-electron chi connectivity index (χ4n) is 2.53. The fraction of sp³-hybridized carbons (Fsp3) is 0.353. The quantitative estimate of drug-likeness (QED) is 0.852. The molecule has 0 bridgehead atoms. The lowest BCUT2D eigenvalue weighted by atomic mass is 10.0. The van der Waals surface area contributed by atoms with Gasteiger partial charge in [0.2, 0.25) is 5.91 Å². The number of thiophene rings is 1. The van der Waals surface area contributed by atoms with Gasteiger partial charge in [0.05, 0.1) is 4.34 Å². The lowest BCUT2D eigenvalue weighted by Crippen LogP contribution is -2.39. The molecule has 23 heavy (non-hydrogen) atoms. The topological polar surface area (TPSA) is 32.3 Å². The Kier molecular flexibility index (Phi) is 4.99. The summed E-state index contributed by atoms with van der Waals surface area (Å²) in [7, 11) is 1.90. The average molecular weight is 353 g/mol. The maximum absolute atomic E-state index is 13.2. The summed E-state index contributed by atoms with van der Waals surface area (Å²) in [5, 5.41) is 3.04. The lowest BCUT2D eigenvalue weighted by Gasteiger charge is -2.27. The number of rotatable bonds is 6. The summed E-state index contributed by atoms with van der Waals surface area (Å²) in [6, 6.07) is 9.78. The highest BCUT2D eigenvalue weighted by molar-refractivity contribution is 7.16. The zero-order valence-corrected chi connectivity index (χ0v) is 14.3. The second-order valence-electron chi connectivity index (χ2n) is 5.86. The monoisotopic (exact) mass is 352 g/mol. The Bertz CT molecular complexity index is 684. The standard InChI is InChI=1S/C17H18ClFN2OS/c1-21(10-14-8-9-15(18)23-14)16(17(22)20-13-6-7-13)11-2-4-12(19)5-3-11/h2-5,8-9,13,16H,6-7,10H2,1H3,(H,20,22)/t16-/m1/s1. The number of carbonyl (C=O) groups is 1. The molecule has 1 aromatic heterocycles. The maximum atomic E-state index is 13.2. The van der Waals surface area contributed by atoms with E-state index in [0.29, 0.717) is 6.54 Å². The number of hydrogen-bond donors (Lipinski definition) is 1. The highest BCUT2D eigenvalue weighted by atomic mass is 35.5. The minimum atomic E-state index is -0.447. The van der Waals surface area contributed by atoms with Gasteiger partial charge in [0.25, 0.3) is 0 Å². The Morgan fingerprint density at radius 2 is 2.04 bits per heavy atom. The van der Waals surface area contributed by atoms with Gasteiger partial charge in [-0.15, -0.1) is 11.3 Å². The van der Waals surface area contributed by atoms with Crippen molar-refractivity contribution in [2.45, 2.75) is 31.5 Å². The number of benzene rings is 1. The Morgan fingerprint density at radius 3 is 2.61 bits per heavy atom. The Hall–Kier alpha value is -1.43. The van der Waals surface area contributed by atoms with E-state index in [9.17, 15) is 9.18 Å². The van der Waals surface area contributed by atoms with E-state index in [1.54, 1.807) is 12.1 Å². The van der Waals surface area contributed by atoms with Crippen molar-refractivity contribution in [2.24, 2.45) is 0 Å². The van der Waals surface area contributed by atoms with Crippen LogP contribution in [0.2, 0.25) is 4.34 Å². The van der Waals surface area contributed by atoms with E-state index in [2.05, 4.69) is 5.32 Å². The molecule has 0 aliphatic heterocycles. The van der Waals surface area contributed by atoms with Crippen LogP contribution in [0, 0.1) is 5.82 Å². The van der Waals surface area contributed by atoms with Crippen molar-refractivity contribution in [3.63, 3.8) is 0 Å². The molecule has 0 saturated heterocycles. The molecule has 2 aromatic rings. The zero-order chi connectivity index (χ0) is 16.4. The van der Waals surface area contributed by atoms with E-state index in [1.807, 2.05) is 24.1 Å². The van der Waals surface area contributed by atoms with Crippen molar-refractivity contribution in [1.29, 1.82) is 0 Å². The van der Waals surface area contributed by atoms with Gasteiger partial charge < -0.3 is 5.32 Å². The van der Waals surface area contributed by atoms with Gasteiger partial charge in [0.1, 0.15) is 11.9 Å². The smallest absolute Gasteiger partial charge is 0.242 e. The van der Waals surface area contributed by atoms with Crippen LogP contribution < -0.4 is 5.32 Å². The normalized spacial score (nSPS) is 15.7. The number of amides is 1. The van der Waals surface area contributed by atoms with E-state index in [1.165, 1.54) is 23.5 Å². The summed E-state index contributed by atoms with van der Waals surface area (Å²) in [4.78, 5) is 15.7. The van der Waals surface area contributed by atoms with E-state index in [4.69, 9.17) is 11.6 Å². The predicted octanol–water partition coefficient (Wildman–Crippen LogP) is 3.99. The van der Waals surface area contributed by atoms with E-state index >= 15 is 0 Å². The van der Waals surface area contributed by atoms with Crippen molar-refractivity contribution in [1.82, 2.24) is 10.2 Å². The molecule has 1 saturated carbocycles. The molecule has 6 heteroatoms. The second-order valence-corrected chi connectivity index (χ2v) is 7.66. The number of hydrogen-bond acceptors (Lipinski definition) is 3. The molecule has 122 valence electrons. The van der Waals surface area contributed by atoms with Crippen molar-refractivity contribution in [3.8, 4) is 0 Å². The van der Waals surface area contributed by atoms with E-state index < -0.39 is 6.04 Å². The number of likely N-dealkylation sites (N-methyl/N-ethyl adjacent to an activating group) is 1. The number of carbonyl (C=O) groups excluding carboxylic acids is 1. The molecular formula is C17H18ClFN2OS. The molecule has 1 amide bonds. The molecule has 1 heterocycles. The van der Waals surface area contributed by atoms with Gasteiger partial charge >= 0.3 is 0 Å². The van der Waals surface area contributed by atoms with Crippen LogP contribution in [0.25, 0.3) is 0 Å². The molecule has 1 atom stereocenters. The molecule has 3 rings (SSSR count). The van der Waals surface area contributed by atoms with Crippen LogP contribution in [0.4, 0.5) is 4.39 Å². The lowest BCUT2D eigenvalue weighted by molar-refractivity contribution is -0.126. The van der Waals surface area contributed by atoms with Gasteiger partial charge in [-0.2, -0.15) is 0 Å². The first-order chi connectivity index (χ1) is 11.0. The largest absolute Gasteiger partial charge is 0.352 e. The summed E-state index contributed by atoms with van der Waals surface area (Å²) >= 11 is 7.48. The van der Waals surface area contributed by atoms with Crippen molar-refractivity contribution in [3.05, 3.63) is 57.0 Å². The zero-order valence-electron chi connectivity index (χ0n) is 12.8.